The van der Waals surface area contributed by atoms with Crippen molar-refractivity contribution >= 4 is 0 Å². The second kappa shape index (κ2) is 6.14. The van der Waals surface area contributed by atoms with Crippen LogP contribution in [0.3, 0.4) is 0 Å². The van der Waals surface area contributed by atoms with E-state index in [1.165, 1.54) is 30.7 Å². The maximum atomic E-state index is 5.09. The van der Waals surface area contributed by atoms with Crippen molar-refractivity contribution in [2.45, 2.75) is 104 Å². The average Bonchev–Trinajstić information content (AvgIpc) is 2.83. The first-order chi connectivity index (χ1) is 9.45. The molecule has 0 spiro atoms. The number of imidazole rings is 1. The lowest BCUT2D eigenvalue weighted by molar-refractivity contribution is 0.430. The van der Waals surface area contributed by atoms with E-state index in [-0.39, 0.29) is 16.2 Å². The molecule has 0 aliphatic heterocycles. The Hall–Kier alpha value is -0.790. The Bertz CT molecular complexity index is 458. The summed E-state index contributed by atoms with van der Waals surface area (Å²) in [5.41, 5.74) is 2.93. The van der Waals surface area contributed by atoms with Crippen molar-refractivity contribution in [1.82, 2.24) is 9.97 Å². The molecule has 0 saturated carbocycles. The number of rotatable bonds is 6. The predicted octanol–water partition coefficient (Wildman–Crippen LogP) is 5.86. The number of unbranched alkanes of at least 4 members (excludes halogenated alkanes) is 1. The zero-order valence-corrected chi connectivity index (χ0v) is 15.8. The van der Waals surface area contributed by atoms with Crippen LogP contribution >= 0.6 is 0 Å². The highest BCUT2D eigenvalue weighted by Crippen LogP contribution is 2.37. The molecule has 0 saturated heterocycles. The topological polar surface area (TPSA) is 28.7 Å². The molecule has 2 nitrogen and oxygen atoms in total. The van der Waals surface area contributed by atoms with Gasteiger partial charge in [-0.05, 0) is 12.8 Å². The predicted molar refractivity (Wildman–Crippen MR) is 93.2 cm³/mol. The molecule has 0 fully saturated rings. The lowest BCUT2D eigenvalue weighted by atomic mass is 9.79. The fourth-order valence-corrected chi connectivity index (χ4v) is 2.63. The molecular formula is C19H36N2. The van der Waals surface area contributed by atoms with Crippen molar-refractivity contribution in [1.29, 1.82) is 0 Å². The van der Waals surface area contributed by atoms with Gasteiger partial charge >= 0.3 is 0 Å². The zero-order chi connectivity index (χ0) is 16.5. The van der Waals surface area contributed by atoms with E-state index < -0.39 is 0 Å². The number of hydrogen-bond donors (Lipinski definition) is 1. The van der Waals surface area contributed by atoms with Gasteiger partial charge in [0.25, 0.3) is 0 Å². The van der Waals surface area contributed by atoms with E-state index in [2.05, 4.69) is 67.3 Å². The van der Waals surface area contributed by atoms with Crippen LogP contribution in [0.4, 0.5) is 0 Å². The van der Waals surface area contributed by atoms with E-state index in [0.29, 0.717) is 0 Å². The average molecular weight is 293 g/mol. The molecule has 0 atom stereocenters. The summed E-state index contributed by atoms with van der Waals surface area (Å²) >= 11 is 0. The summed E-state index contributed by atoms with van der Waals surface area (Å²) in [6.07, 6.45) is 4.79. The second-order valence-corrected chi connectivity index (χ2v) is 8.78. The van der Waals surface area contributed by atoms with Gasteiger partial charge in [-0.3, -0.25) is 0 Å². The first-order valence-electron chi connectivity index (χ1n) is 8.57. The Labute approximate surface area is 132 Å². The summed E-state index contributed by atoms with van der Waals surface area (Å²) in [5.74, 6) is 1.16. The summed E-state index contributed by atoms with van der Waals surface area (Å²) in [6.45, 7) is 20.6. The van der Waals surface area contributed by atoms with Gasteiger partial charge in [0.1, 0.15) is 5.82 Å². The maximum Gasteiger partial charge on any atom is 0.112 e. The SMILES string of the molecule is CCCCC(C)(C)c1nc(C(C)(C)CC)c(C(C)(C)C)[nH]1. The summed E-state index contributed by atoms with van der Waals surface area (Å²) in [4.78, 5) is 8.79. The van der Waals surface area contributed by atoms with Crippen molar-refractivity contribution in [3.63, 3.8) is 0 Å². The minimum atomic E-state index is 0.105. The van der Waals surface area contributed by atoms with Crippen LogP contribution in [0.1, 0.15) is 105 Å². The Morgan fingerprint density at radius 3 is 1.90 bits per heavy atom. The van der Waals surface area contributed by atoms with Gasteiger partial charge in [0.15, 0.2) is 0 Å². The summed E-state index contributed by atoms with van der Waals surface area (Å²) in [5, 5.41) is 0. The van der Waals surface area contributed by atoms with Gasteiger partial charge < -0.3 is 4.98 Å². The molecule has 0 aliphatic carbocycles. The van der Waals surface area contributed by atoms with E-state index >= 15 is 0 Å². The van der Waals surface area contributed by atoms with Crippen molar-refractivity contribution in [2.24, 2.45) is 0 Å². The number of aromatic amines is 1. The monoisotopic (exact) mass is 292 g/mol. The molecule has 0 aliphatic rings. The van der Waals surface area contributed by atoms with E-state index in [9.17, 15) is 0 Å². The van der Waals surface area contributed by atoms with E-state index in [4.69, 9.17) is 4.98 Å². The first-order valence-corrected chi connectivity index (χ1v) is 8.57. The summed E-state index contributed by atoms with van der Waals surface area (Å²) in [6, 6.07) is 0. The molecule has 1 N–H and O–H groups in total. The molecule has 1 aromatic heterocycles. The maximum absolute atomic E-state index is 5.09. The van der Waals surface area contributed by atoms with Crippen molar-refractivity contribution < 1.29 is 0 Å². The highest BCUT2D eigenvalue weighted by atomic mass is 15.0. The minimum Gasteiger partial charge on any atom is -0.345 e. The largest absolute Gasteiger partial charge is 0.345 e. The Kier molecular flexibility index (Phi) is 5.34. The molecule has 1 rings (SSSR count). The van der Waals surface area contributed by atoms with Crippen LogP contribution in [0.2, 0.25) is 0 Å². The third-order valence-corrected chi connectivity index (χ3v) is 4.78. The molecule has 0 aromatic carbocycles. The number of nitrogens with one attached hydrogen (secondary N) is 1. The van der Waals surface area contributed by atoms with E-state index in [1.807, 2.05) is 0 Å². The van der Waals surface area contributed by atoms with E-state index in [1.54, 1.807) is 0 Å². The molecule has 21 heavy (non-hydrogen) atoms. The highest BCUT2D eigenvalue weighted by Gasteiger charge is 2.34. The first kappa shape index (κ1) is 18.3. The molecule has 0 bridgehead atoms. The molecule has 0 amide bonds. The van der Waals surface area contributed by atoms with Gasteiger partial charge in [-0.15, -0.1) is 0 Å². The van der Waals surface area contributed by atoms with Gasteiger partial charge in [-0.1, -0.05) is 75.2 Å². The molecule has 0 unspecified atom stereocenters. The van der Waals surface area contributed by atoms with Crippen LogP contribution in [0.5, 0.6) is 0 Å². The number of H-pyrrole nitrogens is 1. The van der Waals surface area contributed by atoms with Crippen molar-refractivity contribution in [2.75, 3.05) is 0 Å². The molecular weight excluding hydrogens is 256 g/mol. The molecule has 1 heterocycles. The number of nitrogens with zero attached hydrogens (tertiary/aromatic N) is 1. The zero-order valence-electron chi connectivity index (χ0n) is 15.8. The summed E-state index contributed by atoms with van der Waals surface area (Å²) in [7, 11) is 0. The minimum absolute atomic E-state index is 0.105. The van der Waals surface area contributed by atoms with Crippen LogP contribution in [-0.4, -0.2) is 9.97 Å². The second-order valence-electron chi connectivity index (χ2n) is 8.78. The molecule has 0 radical (unpaired) electrons. The molecule has 1 aromatic rings. The highest BCUT2D eigenvalue weighted by molar-refractivity contribution is 5.30. The normalized spacial score (nSPS) is 13.8. The lowest BCUT2D eigenvalue weighted by Crippen LogP contribution is -2.23. The van der Waals surface area contributed by atoms with E-state index in [0.717, 1.165) is 12.2 Å². The van der Waals surface area contributed by atoms with Crippen LogP contribution in [-0.2, 0) is 16.2 Å². The molecule has 2 heteroatoms. The van der Waals surface area contributed by atoms with Gasteiger partial charge in [0.05, 0.1) is 5.69 Å². The van der Waals surface area contributed by atoms with Gasteiger partial charge in [-0.2, -0.15) is 0 Å². The van der Waals surface area contributed by atoms with Crippen LogP contribution in [0.15, 0.2) is 0 Å². The third kappa shape index (κ3) is 4.11. The Morgan fingerprint density at radius 2 is 1.48 bits per heavy atom. The number of hydrogen-bond acceptors (Lipinski definition) is 1. The smallest absolute Gasteiger partial charge is 0.112 e. The van der Waals surface area contributed by atoms with Crippen LogP contribution < -0.4 is 0 Å². The van der Waals surface area contributed by atoms with Gasteiger partial charge in [-0.25, -0.2) is 4.98 Å². The van der Waals surface area contributed by atoms with Crippen LogP contribution in [0, 0.1) is 0 Å². The quantitative estimate of drug-likeness (QED) is 0.698. The fourth-order valence-electron chi connectivity index (χ4n) is 2.63. The Balaban J connectivity index is 3.33. The van der Waals surface area contributed by atoms with Crippen LogP contribution in [0.25, 0.3) is 0 Å². The van der Waals surface area contributed by atoms with Crippen molar-refractivity contribution in [3.05, 3.63) is 17.2 Å². The summed E-state index contributed by atoms with van der Waals surface area (Å²) < 4.78 is 0. The standard InChI is InChI=1S/C19H36N2/c1-10-12-13-19(8,9)16-20-14(17(3,4)5)15(21-16)18(6,7)11-2/h10-13H2,1-9H3,(H,20,21). The van der Waals surface area contributed by atoms with Crippen molar-refractivity contribution in [3.8, 4) is 0 Å². The fraction of sp³-hybridized carbons (Fsp3) is 0.842. The lowest BCUT2D eigenvalue weighted by Gasteiger charge is -2.27. The third-order valence-electron chi connectivity index (χ3n) is 4.78. The Morgan fingerprint density at radius 1 is 0.905 bits per heavy atom. The number of aromatic nitrogens is 2. The molecule has 122 valence electrons. The van der Waals surface area contributed by atoms with Gasteiger partial charge in [0, 0.05) is 21.9 Å². The van der Waals surface area contributed by atoms with Gasteiger partial charge in [0.2, 0.25) is 0 Å².